The third-order valence-corrected chi connectivity index (χ3v) is 5.04. The summed E-state index contributed by atoms with van der Waals surface area (Å²) < 4.78 is 1.19. The minimum atomic E-state index is 0. The third-order valence-electron chi connectivity index (χ3n) is 3.61. The first-order valence-corrected chi connectivity index (χ1v) is 8.26. The molecule has 0 fully saturated rings. The Labute approximate surface area is 157 Å². The fraction of sp³-hybridized carbons (Fsp3) is 0. The monoisotopic (exact) mass is 382 g/mol. The van der Waals surface area contributed by atoms with Gasteiger partial charge in [-0.25, -0.2) is 4.98 Å². The molecule has 0 saturated heterocycles. The van der Waals surface area contributed by atoms with Gasteiger partial charge in [0.1, 0.15) is 5.01 Å². The number of rotatable bonds is 2. The topological polar surface area (TPSA) is 12.9 Å². The van der Waals surface area contributed by atoms with Crippen molar-refractivity contribution >= 4 is 34.2 Å². The van der Waals surface area contributed by atoms with Crippen LogP contribution in [0.5, 0.6) is 0 Å². The van der Waals surface area contributed by atoms with Crippen LogP contribution in [-0.4, -0.2) is 4.98 Å². The average Bonchev–Trinajstić information content (AvgIpc) is 3.00. The second-order valence-electron chi connectivity index (χ2n) is 5.06. The molecule has 0 bridgehead atoms. The number of thiazole rings is 1. The largest absolute Gasteiger partial charge is 0.779 e. The summed E-state index contributed by atoms with van der Waals surface area (Å²) in [5.74, 6) is 0. The van der Waals surface area contributed by atoms with Gasteiger partial charge in [-0.2, -0.15) is 4.90 Å². The van der Waals surface area contributed by atoms with E-state index in [2.05, 4.69) is 30.3 Å². The molecule has 23 heavy (non-hydrogen) atoms. The van der Waals surface area contributed by atoms with E-state index < -0.39 is 0 Å². The number of para-hydroxylation sites is 1. The van der Waals surface area contributed by atoms with Crippen LogP contribution in [0.2, 0.25) is 0 Å². The van der Waals surface area contributed by atoms with Crippen molar-refractivity contribution in [3.63, 3.8) is 0 Å². The zero-order chi connectivity index (χ0) is 14.9. The van der Waals surface area contributed by atoms with E-state index >= 15 is 0 Å². The van der Waals surface area contributed by atoms with E-state index in [1.807, 2.05) is 42.5 Å². The van der Waals surface area contributed by atoms with Crippen molar-refractivity contribution < 1.29 is 19.5 Å². The molecule has 3 aromatic carbocycles. The van der Waals surface area contributed by atoms with E-state index in [4.69, 9.17) is 17.6 Å². The Kier molecular flexibility index (Phi) is 4.86. The van der Waals surface area contributed by atoms with Crippen molar-refractivity contribution in [1.82, 2.24) is 4.98 Å². The van der Waals surface area contributed by atoms with Crippen LogP contribution in [0.15, 0.2) is 77.7 Å². The number of nitrogens with zero attached hydrogens (tertiary/aromatic N) is 1. The maximum absolute atomic E-state index is 5.51. The molecular formula is C19H12NS2Zn-. The maximum atomic E-state index is 5.51. The molecule has 1 nitrogen and oxygen atoms in total. The van der Waals surface area contributed by atoms with E-state index in [1.165, 1.54) is 15.8 Å². The zero-order valence-electron chi connectivity index (χ0n) is 12.4. The van der Waals surface area contributed by atoms with E-state index in [0.717, 1.165) is 21.0 Å². The Morgan fingerprint density at radius 1 is 0.783 bits per heavy atom. The van der Waals surface area contributed by atoms with Crippen molar-refractivity contribution in [2.75, 3.05) is 0 Å². The molecule has 0 unspecified atom stereocenters. The fourth-order valence-corrected chi connectivity index (χ4v) is 3.78. The SMILES string of the molecule is [S-]c1ccc(-c2ccccc2)cc1-c1nc2ccccc2s1.[Zn]. The zero-order valence-corrected chi connectivity index (χ0v) is 17.0. The van der Waals surface area contributed by atoms with Crippen LogP contribution in [-0.2, 0) is 32.1 Å². The number of hydrogen-bond donors (Lipinski definition) is 0. The van der Waals surface area contributed by atoms with Crippen LogP contribution in [0.3, 0.4) is 0 Å². The normalized spacial score (nSPS) is 10.4. The number of aromatic nitrogens is 1. The van der Waals surface area contributed by atoms with E-state index in [1.54, 1.807) is 11.3 Å². The van der Waals surface area contributed by atoms with Gasteiger partial charge in [0, 0.05) is 19.5 Å². The first-order chi connectivity index (χ1) is 10.8. The molecule has 1 aromatic heterocycles. The van der Waals surface area contributed by atoms with E-state index in [0.29, 0.717) is 0 Å². The Bertz CT molecular complexity index is 915. The maximum Gasteiger partial charge on any atom is 0.123 e. The van der Waals surface area contributed by atoms with E-state index in [-0.39, 0.29) is 19.5 Å². The van der Waals surface area contributed by atoms with Crippen molar-refractivity contribution in [3.05, 3.63) is 72.8 Å². The van der Waals surface area contributed by atoms with Gasteiger partial charge >= 0.3 is 0 Å². The minimum absolute atomic E-state index is 0. The van der Waals surface area contributed by atoms with Gasteiger partial charge in [-0.1, -0.05) is 54.6 Å². The van der Waals surface area contributed by atoms with Gasteiger partial charge in [-0.15, -0.1) is 11.3 Å². The molecule has 4 heteroatoms. The summed E-state index contributed by atoms with van der Waals surface area (Å²) in [7, 11) is 0. The molecule has 0 aliphatic heterocycles. The van der Waals surface area contributed by atoms with Crippen molar-refractivity contribution in [3.8, 4) is 21.7 Å². The number of fused-ring (bicyclic) bond motifs is 1. The molecule has 108 valence electrons. The molecule has 0 aliphatic carbocycles. The van der Waals surface area contributed by atoms with Crippen LogP contribution in [0, 0.1) is 0 Å². The fourth-order valence-electron chi connectivity index (χ4n) is 2.49. The first kappa shape index (κ1) is 16.3. The van der Waals surface area contributed by atoms with Crippen molar-refractivity contribution in [2.24, 2.45) is 0 Å². The summed E-state index contributed by atoms with van der Waals surface area (Å²) in [6, 6.07) is 24.8. The second kappa shape index (κ2) is 6.88. The quantitative estimate of drug-likeness (QED) is 0.333. The summed E-state index contributed by atoms with van der Waals surface area (Å²) in [5, 5.41) is 0.990. The standard InChI is InChI=1S/C19H13NS2.Zn/c21-17-11-10-14(13-6-2-1-3-7-13)12-15(17)19-20-16-8-4-5-9-18(16)22-19;/h1-12,21H;/p-1. The van der Waals surface area contributed by atoms with Crippen LogP contribution >= 0.6 is 11.3 Å². The average molecular weight is 384 g/mol. The Morgan fingerprint density at radius 3 is 2.30 bits per heavy atom. The molecule has 0 aliphatic rings. The third kappa shape index (κ3) is 3.21. The van der Waals surface area contributed by atoms with Crippen molar-refractivity contribution in [1.29, 1.82) is 0 Å². The van der Waals surface area contributed by atoms with Crippen LogP contribution in [0.4, 0.5) is 0 Å². The number of hydrogen-bond acceptors (Lipinski definition) is 3. The Balaban J connectivity index is 0.00000156. The molecule has 0 atom stereocenters. The minimum Gasteiger partial charge on any atom is -0.779 e. The van der Waals surface area contributed by atoms with Crippen LogP contribution < -0.4 is 0 Å². The summed E-state index contributed by atoms with van der Waals surface area (Å²) in [5.41, 5.74) is 4.43. The van der Waals surface area contributed by atoms with Gasteiger partial charge in [-0.3, -0.25) is 0 Å². The van der Waals surface area contributed by atoms with Gasteiger partial charge in [0.2, 0.25) is 0 Å². The molecule has 0 saturated carbocycles. The van der Waals surface area contributed by atoms with Crippen LogP contribution in [0.1, 0.15) is 0 Å². The number of benzene rings is 3. The Morgan fingerprint density at radius 2 is 1.52 bits per heavy atom. The summed E-state index contributed by atoms with van der Waals surface area (Å²) in [4.78, 5) is 5.58. The molecule has 0 N–H and O–H groups in total. The van der Waals surface area contributed by atoms with Gasteiger partial charge in [0.15, 0.2) is 0 Å². The van der Waals surface area contributed by atoms with Gasteiger partial charge in [0.25, 0.3) is 0 Å². The van der Waals surface area contributed by atoms with Gasteiger partial charge < -0.3 is 12.6 Å². The van der Waals surface area contributed by atoms with E-state index in [9.17, 15) is 0 Å². The smallest absolute Gasteiger partial charge is 0.123 e. The molecular weight excluding hydrogens is 372 g/mol. The summed E-state index contributed by atoms with van der Waals surface area (Å²) >= 11 is 7.21. The van der Waals surface area contributed by atoms with Crippen molar-refractivity contribution in [2.45, 2.75) is 4.90 Å². The molecule has 0 radical (unpaired) electrons. The molecule has 0 amide bonds. The van der Waals surface area contributed by atoms with Crippen LogP contribution in [0.25, 0.3) is 31.9 Å². The summed E-state index contributed by atoms with van der Waals surface area (Å²) in [6.07, 6.45) is 0. The predicted molar refractivity (Wildman–Crippen MR) is 96.1 cm³/mol. The predicted octanol–water partition coefficient (Wildman–Crippen LogP) is 5.53. The second-order valence-corrected chi connectivity index (χ2v) is 6.53. The Hall–Kier alpha value is -1.61. The molecule has 4 aromatic rings. The molecule has 4 rings (SSSR count). The molecule has 0 spiro atoms. The van der Waals surface area contributed by atoms with Gasteiger partial charge in [0.05, 0.1) is 10.2 Å². The van der Waals surface area contributed by atoms with Gasteiger partial charge in [-0.05, 0) is 34.9 Å². The molecule has 1 heterocycles. The summed E-state index contributed by atoms with van der Waals surface area (Å²) in [6.45, 7) is 0. The first-order valence-electron chi connectivity index (χ1n) is 7.04.